The second-order valence-electron chi connectivity index (χ2n) is 9.59. The Morgan fingerprint density at radius 3 is 2.54 bits per heavy atom. The second kappa shape index (κ2) is 10.8. The number of benzene rings is 1. The number of nitrogens with one attached hydrogen (secondary N) is 1. The predicted octanol–water partition coefficient (Wildman–Crippen LogP) is 4.50. The van der Waals surface area contributed by atoms with Gasteiger partial charge < -0.3 is 15.8 Å². The largest absolute Gasteiger partial charge is 0.497 e. The first kappa shape index (κ1) is 26.3. The van der Waals surface area contributed by atoms with Crippen LogP contribution in [0.1, 0.15) is 47.8 Å². The molecule has 39 heavy (non-hydrogen) atoms. The normalized spacial score (nSPS) is 21.0. The molecule has 0 unspecified atom stereocenters. The van der Waals surface area contributed by atoms with Crippen molar-refractivity contribution < 1.29 is 22.7 Å². The van der Waals surface area contributed by atoms with E-state index in [4.69, 9.17) is 10.5 Å². The number of nitrogens with two attached hydrogens (primary N) is 1. The van der Waals surface area contributed by atoms with Gasteiger partial charge in [0.1, 0.15) is 34.6 Å². The fourth-order valence-electron chi connectivity index (χ4n) is 5.35. The van der Waals surface area contributed by atoms with Gasteiger partial charge in [0.15, 0.2) is 0 Å². The minimum absolute atomic E-state index is 0.00999. The number of hydrogen-bond acceptors (Lipinski definition) is 7. The third-order valence-electron chi connectivity index (χ3n) is 7.09. The second-order valence-corrected chi connectivity index (χ2v) is 9.59. The molecule has 1 aromatic carbocycles. The quantitative estimate of drug-likeness (QED) is 0.372. The Kier molecular flexibility index (Phi) is 7.29. The molecule has 1 aliphatic carbocycles. The van der Waals surface area contributed by atoms with Crippen molar-refractivity contribution in [3.05, 3.63) is 83.8 Å². The van der Waals surface area contributed by atoms with Crippen LogP contribution in [0.15, 0.2) is 55.1 Å². The van der Waals surface area contributed by atoms with Crippen LogP contribution in [0.5, 0.6) is 5.75 Å². The zero-order valence-electron chi connectivity index (χ0n) is 21.2. The molecule has 1 fully saturated rings. The molecule has 0 bridgehead atoms. The lowest BCUT2D eigenvalue weighted by molar-refractivity contribution is 0.102. The number of pyridine rings is 2. The van der Waals surface area contributed by atoms with Crippen LogP contribution in [0.2, 0.25) is 0 Å². The summed E-state index contributed by atoms with van der Waals surface area (Å²) in [6.45, 7) is 2.10. The summed E-state index contributed by atoms with van der Waals surface area (Å²) < 4.78 is 50.5. The van der Waals surface area contributed by atoms with Gasteiger partial charge in [0, 0.05) is 30.6 Å². The number of carbonyl (C=O) groups excluding carboxylic acids is 1. The number of hydrogen-bond donors (Lipinski definition) is 2. The predicted molar refractivity (Wildman–Crippen MR) is 136 cm³/mol. The van der Waals surface area contributed by atoms with E-state index in [0.717, 1.165) is 36.2 Å². The van der Waals surface area contributed by atoms with Crippen LogP contribution in [0.3, 0.4) is 0 Å². The Labute approximate surface area is 222 Å². The summed E-state index contributed by atoms with van der Waals surface area (Å²) in [4.78, 5) is 21.3. The molecule has 1 amide bonds. The number of methoxy groups -OCH3 is 1. The van der Waals surface area contributed by atoms with Gasteiger partial charge >= 0.3 is 0 Å². The highest BCUT2D eigenvalue weighted by Crippen LogP contribution is 2.42. The lowest BCUT2D eigenvalue weighted by Gasteiger charge is -2.39. The lowest BCUT2D eigenvalue weighted by atomic mass is 9.73. The third-order valence-corrected chi connectivity index (χ3v) is 7.09. The van der Waals surface area contributed by atoms with Gasteiger partial charge in [0.2, 0.25) is 0 Å². The average molecular weight is 538 g/mol. The average Bonchev–Trinajstić information content (AvgIpc) is 3.43. The SMILES string of the molecule is COc1cc(F)c(-c2nc(C(=O)Nc3cnccc3[C@H]3C[C@@H](N)[C@@H](n4ccnn4)[C@@H](C)C3)ccc2F)c(F)c1. The minimum Gasteiger partial charge on any atom is -0.497 e. The van der Waals surface area contributed by atoms with E-state index in [1.807, 2.05) is 6.07 Å². The van der Waals surface area contributed by atoms with Gasteiger partial charge in [0.05, 0.1) is 36.8 Å². The molecule has 1 aliphatic rings. The molecule has 0 spiro atoms. The molecule has 0 radical (unpaired) electrons. The summed E-state index contributed by atoms with van der Waals surface area (Å²) >= 11 is 0. The van der Waals surface area contributed by atoms with E-state index in [1.54, 1.807) is 23.3 Å². The summed E-state index contributed by atoms with van der Waals surface area (Å²) in [5.41, 5.74) is 6.29. The summed E-state index contributed by atoms with van der Waals surface area (Å²) in [5.74, 6) is -3.69. The zero-order chi connectivity index (χ0) is 27.7. The van der Waals surface area contributed by atoms with Gasteiger partial charge in [-0.25, -0.2) is 22.8 Å². The summed E-state index contributed by atoms with van der Waals surface area (Å²) in [5, 5.41) is 10.8. The van der Waals surface area contributed by atoms with Gasteiger partial charge in [-0.3, -0.25) is 9.78 Å². The Morgan fingerprint density at radius 1 is 1.10 bits per heavy atom. The van der Waals surface area contributed by atoms with E-state index in [-0.39, 0.29) is 35.4 Å². The van der Waals surface area contributed by atoms with Crippen LogP contribution in [-0.4, -0.2) is 44.0 Å². The van der Waals surface area contributed by atoms with Gasteiger partial charge in [-0.05, 0) is 48.4 Å². The molecule has 202 valence electrons. The maximum Gasteiger partial charge on any atom is 0.274 e. The molecule has 9 nitrogen and oxygen atoms in total. The first-order chi connectivity index (χ1) is 18.8. The highest BCUT2D eigenvalue weighted by Gasteiger charge is 2.36. The number of amides is 1. The van der Waals surface area contributed by atoms with E-state index in [2.05, 4.69) is 32.5 Å². The molecule has 12 heteroatoms. The van der Waals surface area contributed by atoms with Gasteiger partial charge in [-0.2, -0.15) is 0 Å². The minimum atomic E-state index is -1.07. The van der Waals surface area contributed by atoms with Crippen LogP contribution < -0.4 is 15.8 Å². The summed E-state index contributed by atoms with van der Waals surface area (Å²) in [6, 6.07) is 5.52. The number of anilines is 1. The standard InChI is InChI=1S/C27H26F3N7O2/c1-14-9-15(10-21(31)26(14)37-8-7-33-36-37)17-5-6-32-13-23(17)35-27(38)22-4-3-18(28)25(34-22)24-19(29)11-16(39-2)12-20(24)30/h3-8,11-15,21,26H,9-10,31H2,1-2H3,(H,35,38)/t14-,15+,21+,26-/m0/s1. The molecule has 0 aliphatic heterocycles. The van der Waals surface area contributed by atoms with E-state index >= 15 is 0 Å². The van der Waals surface area contributed by atoms with E-state index in [0.29, 0.717) is 12.1 Å². The first-order valence-electron chi connectivity index (χ1n) is 12.3. The van der Waals surface area contributed by atoms with Crippen molar-refractivity contribution in [3.8, 4) is 17.0 Å². The third kappa shape index (κ3) is 5.19. The lowest BCUT2D eigenvalue weighted by Crippen LogP contribution is -2.42. The van der Waals surface area contributed by atoms with Crippen LogP contribution in [-0.2, 0) is 0 Å². The number of halogens is 3. The molecule has 4 aromatic rings. The topological polar surface area (TPSA) is 121 Å². The van der Waals surface area contributed by atoms with Crippen LogP contribution in [0.4, 0.5) is 18.9 Å². The zero-order valence-corrected chi connectivity index (χ0v) is 21.2. The Bertz CT molecular complexity index is 1460. The Balaban J connectivity index is 1.40. The van der Waals surface area contributed by atoms with Crippen molar-refractivity contribution >= 4 is 11.6 Å². The summed E-state index contributed by atoms with van der Waals surface area (Å²) in [7, 11) is 1.25. The highest BCUT2D eigenvalue weighted by molar-refractivity contribution is 6.03. The monoisotopic (exact) mass is 537 g/mol. The van der Waals surface area contributed by atoms with Crippen molar-refractivity contribution in [2.45, 2.75) is 37.8 Å². The molecular weight excluding hydrogens is 511 g/mol. The maximum atomic E-state index is 14.6. The number of nitrogens with zero attached hydrogens (tertiary/aromatic N) is 5. The van der Waals surface area contributed by atoms with Crippen molar-refractivity contribution in [1.29, 1.82) is 0 Å². The number of aromatic nitrogens is 5. The number of ether oxygens (including phenoxy) is 1. The van der Waals surface area contributed by atoms with Gasteiger partial charge in [0.25, 0.3) is 5.91 Å². The van der Waals surface area contributed by atoms with E-state index in [1.165, 1.54) is 13.3 Å². The molecular formula is C27H26F3N7O2. The molecule has 3 aromatic heterocycles. The molecule has 3 N–H and O–H groups in total. The fourth-order valence-corrected chi connectivity index (χ4v) is 5.35. The smallest absolute Gasteiger partial charge is 0.274 e. The van der Waals surface area contributed by atoms with Crippen LogP contribution in [0, 0.1) is 23.4 Å². The molecule has 0 saturated heterocycles. The van der Waals surface area contributed by atoms with Crippen molar-refractivity contribution in [2.24, 2.45) is 11.7 Å². The molecule has 3 heterocycles. The highest BCUT2D eigenvalue weighted by atomic mass is 19.1. The first-order valence-corrected chi connectivity index (χ1v) is 12.3. The molecule has 5 rings (SSSR count). The maximum absolute atomic E-state index is 14.6. The Morgan fingerprint density at radius 2 is 1.87 bits per heavy atom. The summed E-state index contributed by atoms with van der Waals surface area (Å²) in [6.07, 6.45) is 7.98. The Hall–Kier alpha value is -4.32. The molecule has 1 saturated carbocycles. The van der Waals surface area contributed by atoms with Crippen molar-refractivity contribution in [3.63, 3.8) is 0 Å². The van der Waals surface area contributed by atoms with Crippen LogP contribution in [0.25, 0.3) is 11.3 Å². The van der Waals surface area contributed by atoms with E-state index < -0.39 is 34.6 Å². The number of carbonyl (C=O) groups is 1. The van der Waals surface area contributed by atoms with Gasteiger partial charge in [-0.15, -0.1) is 5.10 Å². The van der Waals surface area contributed by atoms with Crippen molar-refractivity contribution in [1.82, 2.24) is 25.0 Å². The fraction of sp³-hybridized carbons (Fsp3) is 0.296. The molecule has 4 atom stereocenters. The van der Waals surface area contributed by atoms with Gasteiger partial charge in [-0.1, -0.05) is 12.1 Å². The van der Waals surface area contributed by atoms with Crippen LogP contribution >= 0.6 is 0 Å². The van der Waals surface area contributed by atoms with Crippen molar-refractivity contribution in [2.75, 3.05) is 12.4 Å². The van der Waals surface area contributed by atoms with E-state index in [9.17, 15) is 18.0 Å². The number of rotatable bonds is 6.